The van der Waals surface area contributed by atoms with Crippen LogP contribution in [0, 0.1) is 10.1 Å². The standard InChI is InChI=1S/C6H6N2O4S.ClH/c1-12-6(9)3-2-4(8(10)11)13-5(3)7;/h2H,7H2,1H3;1H. The van der Waals surface area contributed by atoms with Gasteiger partial charge >= 0.3 is 11.0 Å². The highest BCUT2D eigenvalue weighted by Crippen LogP contribution is 2.31. The zero-order valence-corrected chi connectivity index (χ0v) is 8.68. The van der Waals surface area contributed by atoms with E-state index in [0.29, 0.717) is 0 Å². The smallest absolute Gasteiger partial charge is 0.341 e. The van der Waals surface area contributed by atoms with Gasteiger partial charge in [-0.05, 0) is 11.3 Å². The molecule has 14 heavy (non-hydrogen) atoms. The largest absolute Gasteiger partial charge is 0.465 e. The van der Waals surface area contributed by atoms with E-state index in [1.807, 2.05) is 0 Å². The molecule has 8 heteroatoms. The molecule has 0 bridgehead atoms. The fourth-order valence-corrected chi connectivity index (χ4v) is 1.48. The molecular formula is C6H7ClN2O4S. The zero-order valence-electron chi connectivity index (χ0n) is 7.05. The Kier molecular flexibility index (Phi) is 4.32. The van der Waals surface area contributed by atoms with Crippen LogP contribution in [0.5, 0.6) is 0 Å². The highest BCUT2D eigenvalue weighted by Gasteiger charge is 2.19. The Bertz CT molecular complexity index is 365. The summed E-state index contributed by atoms with van der Waals surface area (Å²) in [5.74, 6) is -0.665. The van der Waals surface area contributed by atoms with Gasteiger partial charge in [-0.1, -0.05) is 0 Å². The van der Waals surface area contributed by atoms with Gasteiger partial charge in [0, 0.05) is 6.07 Å². The second-order valence-electron chi connectivity index (χ2n) is 2.11. The second kappa shape index (κ2) is 4.77. The van der Waals surface area contributed by atoms with Crippen molar-refractivity contribution in [1.82, 2.24) is 0 Å². The third-order valence-corrected chi connectivity index (χ3v) is 2.25. The number of rotatable bonds is 2. The Hall–Kier alpha value is -1.34. The van der Waals surface area contributed by atoms with E-state index in [0.717, 1.165) is 17.4 Å². The molecule has 0 amide bonds. The molecule has 1 aromatic rings. The molecule has 0 spiro atoms. The minimum Gasteiger partial charge on any atom is -0.465 e. The summed E-state index contributed by atoms with van der Waals surface area (Å²) in [6.45, 7) is 0. The van der Waals surface area contributed by atoms with Crippen LogP contribution in [-0.4, -0.2) is 18.0 Å². The van der Waals surface area contributed by atoms with Crippen LogP contribution in [0.3, 0.4) is 0 Å². The fourth-order valence-electron chi connectivity index (χ4n) is 0.751. The van der Waals surface area contributed by atoms with Gasteiger partial charge in [-0.2, -0.15) is 0 Å². The quantitative estimate of drug-likeness (QED) is 0.478. The number of carbonyl (C=O) groups excluding carboxylic acids is 1. The molecule has 6 nitrogen and oxygen atoms in total. The minimum atomic E-state index is -0.665. The number of methoxy groups -OCH3 is 1. The molecule has 0 atom stereocenters. The van der Waals surface area contributed by atoms with Crippen molar-refractivity contribution in [2.24, 2.45) is 0 Å². The topological polar surface area (TPSA) is 95.5 Å². The van der Waals surface area contributed by atoms with Crippen molar-refractivity contribution in [2.45, 2.75) is 0 Å². The monoisotopic (exact) mass is 238 g/mol. The molecule has 0 aromatic carbocycles. The Morgan fingerprint density at radius 1 is 1.71 bits per heavy atom. The van der Waals surface area contributed by atoms with Crippen molar-refractivity contribution < 1.29 is 14.5 Å². The van der Waals surface area contributed by atoms with Gasteiger partial charge in [0.1, 0.15) is 10.6 Å². The summed E-state index contributed by atoms with van der Waals surface area (Å²) in [6, 6.07) is 1.10. The highest BCUT2D eigenvalue weighted by molar-refractivity contribution is 7.19. The van der Waals surface area contributed by atoms with Crippen LogP contribution in [0.1, 0.15) is 10.4 Å². The van der Waals surface area contributed by atoms with Gasteiger partial charge in [-0.3, -0.25) is 10.1 Å². The molecule has 0 unspecified atom stereocenters. The lowest BCUT2D eigenvalue weighted by molar-refractivity contribution is -0.380. The summed E-state index contributed by atoms with van der Waals surface area (Å²) in [4.78, 5) is 20.6. The SMILES string of the molecule is COC(=O)c1cc([N+](=O)[O-])sc1N.Cl. The van der Waals surface area contributed by atoms with Gasteiger partial charge < -0.3 is 10.5 Å². The molecule has 1 heterocycles. The molecule has 0 aliphatic carbocycles. The van der Waals surface area contributed by atoms with Crippen molar-refractivity contribution >= 4 is 39.7 Å². The molecule has 0 aliphatic rings. The number of esters is 1. The van der Waals surface area contributed by atoms with Gasteiger partial charge in [0.2, 0.25) is 0 Å². The first kappa shape index (κ1) is 12.7. The number of halogens is 1. The number of hydrogen-bond donors (Lipinski definition) is 1. The molecule has 1 rings (SSSR count). The average Bonchev–Trinajstić information content (AvgIpc) is 2.46. The molecule has 0 saturated heterocycles. The molecule has 0 aliphatic heterocycles. The summed E-state index contributed by atoms with van der Waals surface area (Å²) < 4.78 is 4.38. The first-order valence-electron chi connectivity index (χ1n) is 3.18. The van der Waals surface area contributed by atoms with Gasteiger partial charge in [0.15, 0.2) is 0 Å². The first-order valence-corrected chi connectivity index (χ1v) is 4.00. The van der Waals surface area contributed by atoms with Crippen LogP contribution in [0.25, 0.3) is 0 Å². The summed E-state index contributed by atoms with van der Waals surface area (Å²) in [6.07, 6.45) is 0. The number of ether oxygens (including phenoxy) is 1. The Morgan fingerprint density at radius 3 is 2.64 bits per heavy atom. The van der Waals surface area contributed by atoms with Gasteiger partial charge in [-0.25, -0.2) is 4.79 Å². The maximum absolute atomic E-state index is 11.0. The third-order valence-electron chi connectivity index (χ3n) is 1.33. The Morgan fingerprint density at radius 2 is 2.29 bits per heavy atom. The van der Waals surface area contributed by atoms with E-state index >= 15 is 0 Å². The maximum Gasteiger partial charge on any atom is 0.341 e. The van der Waals surface area contributed by atoms with Crippen molar-refractivity contribution in [2.75, 3.05) is 12.8 Å². The molecule has 0 radical (unpaired) electrons. The number of nitrogens with two attached hydrogens (primary N) is 1. The number of anilines is 1. The van der Waals surface area contributed by atoms with Gasteiger partial charge in [0.25, 0.3) is 0 Å². The summed E-state index contributed by atoms with van der Waals surface area (Å²) in [5.41, 5.74) is 5.41. The molecule has 0 saturated carbocycles. The summed E-state index contributed by atoms with van der Waals surface area (Å²) >= 11 is 0.744. The number of carbonyl (C=O) groups is 1. The fraction of sp³-hybridized carbons (Fsp3) is 0.167. The lowest BCUT2D eigenvalue weighted by Gasteiger charge is -1.93. The van der Waals surface area contributed by atoms with Crippen LogP contribution in [0.15, 0.2) is 6.07 Å². The maximum atomic E-state index is 11.0. The lowest BCUT2D eigenvalue weighted by atomic mass is 10.3. The van der Waals surface area contributed by atoms with Crippen molar-refractivity contribution in [3.05, 3.63) is 21.7 Å². The highest BCUT2D eigenvalue weighted by atomic mass is 35.5. The minimum absolute atomic E-state index is 0. The predicted molar refractivity (Wildman–Crippen MR) is 54.0 cm³/mol. The third kappa shape index (κ3) is 2.33. The van der Waals surface area contributed by atoms with Crippen molar-refractivity contribution in [1.29, 1.82) is 0 Å². The number of nitrogens with zero attached hydrogens (tertiary/aromatic N) is 1. The Balaban J connectivity index is 0.00000169. The van der Waals surface area contributed by atoms with E-state index in [-0.39, 0.29) is 28.0 Å². The molecule has 2 N–H and O–H groups in total. The van der Waals surface area contributed by atoms with Gasteiger partial charge in [0.05, 0.1) is 12.0 Å². The zero-order chi connectivity index (χ0) is 10.0. The number of thiophene rings is 1. The Labute approximate surface area is 89.2 Å². The van der Waals surface area contributed by atoms with Crippen LogP contribution in [-0.2, 0) is 4.74 Å². The number of nitrogen functional groups attached to an aromatic ring is 1. The summed E-state index contributed by atoms with van der Waals surface area (Å²) in [5, 5.41) is 10.2. The average molecular weight is 239 g/mol. The van der Waals surface area contributed by atoms with E-state index in [1.54, 1.807) is 0 Å². The predicted octanol–water partition coefficient (Wildman–Crippen LogP) is 1.45. The van der Waals surface area contributed by atoms with E-state index < -0.39 is 10.9 Å². The van der Waals surface area contributed by atoms with Crippen LogP contribution < -0.4 is 5.73 Å². The molecule has 1 aromatic heterocycles. The van der Waals surface area contributed by atoms with Crippen LogP contribution in [0.2, 0.25) is 0 Å². The van der Waals surface area contributed by atoms with Crippen molar-refractivity contribution in [3.8, 4) is 0 Å². The van der Waals surface area contributed by atoms with Crippen molar-refractivity contribution in [3.63, 3.8) is 0 Å². The van der Waals surface area contributed by atoms with Crippen LogP contribution >= 0.6 is 23.7 Å². The molecule has 0 fully saturated rings. The first-order chi connectivity index (χ1) is 6.06. The van der Waals surface area contributed by atoms with E-state index in [4.69, 9.17) is 5.73 Å². The lowest BCUT2D eigenvalue weighted by Crippen LogP contribution is -2.01. The van der Waals surface area contributed by atoms with Gasteiger partial charge in [-0.15, -0.1) is 12.4 Å². The normalized spacial score (nSPS) is 8.93. The number of hydrogen-bond acceptors (Lipinski definition) is 6. The van der Waals surface area contributed by atoms with E-state index in [1.165, 1.54) is 7.11 Å². The van der Waals surface area contributed by atoms with E-state index in [2.05, 4.69) is 4.74 Å². The molecule has 78 valence electrons. The summed E-state index contributed by atoms with van der Waals surface area (Å²) in [7, 11) is 1.19. The molecular weight excluding hydrogens is 232 g/mol. The van der Waals surface area contributed by atoms with E-state index in [9.17, 15) is 14.9 Å². The second-order valence-corrected chi connectivity index (χ2v) is 3.17. The van der Waals surface area contributed by atoms with Crippen LogP contribution in [0.4, 0.5) is 10.0 Å². The number of nitro groups is 1.